The number of halogens is 1. The first kappa shape index (κ1) is 12.4. The molecule has 2 atom stereocenters. The Kier molecular flexibility index (Phi) is 4.09. The highest BCUT2D eigenvalue weighted by molar-refractivity contribution is 9.10. The Morgan fingerprint density at radius 2 is 1.93 bits per heavy atom. The van der Waals surface area contributed by atoms with Gasteiger partial charge in [-0.1, -0.05) is 46.6 Å². The van der Waals surface area contributed by atoms with Crippen LogP contribution in [-0.2, 0) is 4.79 Å². The van der Waals surface area contributed by atoms with Gasteiger partial charge in [0.15, 0.2) is 0 Å². The van der Waals surface area contributed by atoms with Gasteiger partial charge in [0.1, 0.15) is 5.78 Å². The van der Waals surface area contributed by atoms with E-state index >= 15 is 0 Å². The molecular weight excluding hydrogens is 252 g/mol. The fourth-order valence-electron chi connectivity index (χ4n) is 1.76. The van der Waals surface area contributed by atoms with Crippen molar-refractivity contribution in [2.75, 3.05) is 0 Å². The molecule has 0 saturated heterocycles. The van der Waals surface area contributed by atoms with Crippen LogP contribution < -0.4 is 0 Å². The van der Waals surface area contributed by atoms with Crippen LogP contribution in [0.3, 0.4) is 0 Å². The third-order valence-electron chi connectivity index (χ3n) is 2.75. The lowest BCUT2D eigenvalue weighted by Crippen LogP contribution is -2.18. The molecule has 15 heavy (non-hydrogen) atoms. The number of hydrogen-bond donors (Lipinski definition) is 0. The van der Waals surface area contributed by atoms with Crippen molar-refractivity contribution in [3.05, 3.63) is 34.9 Å². The van der Waals surface area contributed by atoms with Crippen molar-refractivity contribution in [1.29, 1.82) is 0 Å². The predicted octanol–water partition coefficient (Wildman–Crippen LogP) is 3.76. The zero-order valence-corrected chi connectivity index (χ0v) is 11.3. The van der Waals surface area contributed by atoms with E-state index in [0.717, 1.165) is 0 Å². The molecule has 2 heteroatoms. The minimum atomic E-state index is -0.0852. The highest BCUT2D eigenvalue weighted by atomic mass is 79.9. The molecule has 1 nitrogen and oxygen atoms in total. The van der Waals surface area contributed by atoms with Gasteiger partial charge in [-0.3, -0.25) is 4.79 Å². The minimum absolute atomic E-state index is 0.0852. The van der Waals surface area contributed by atoms with E-state index in [4.69, 9.17) is 0 Å². The van der Waals surface area contributed by atoms with Gasteiger partial charge in [-0.05, 0) is 31.9 Å². The summed E-state index contributed by atoms with van der Waals surface area (Å²) >= 11 is 3.45. The first-order valence-corrected chi connectivity index (χ1v) is 6.06. The summed E-state index contributed by atoms with van der Waals surface area (Å²) in [6.45, 7) is 7.88. The zero-order valence-electron chi connectivity index (χ0n) is 9.67. The van der Waals surface area contributed by atoms with Crippen LogP contribution in [0.1, 0.15) is 36.5 Å². The van der Waals surface area contributed by atoms with Crippen molar-refractivity contribution in [3.8, 4) is 0 Å². The molecule has 1 aromatic carbocycles. The van der Waals surface area contributed by atoms with E-state index in [1.54, 1.807) is 6.92 Å². The SMILES string of the molecule is CC(=O)C(Br)C(C)c1cc(C)ccc1C. The van der Waals surface area contributed by atoms with Gasteiger partial charge in [0.25, 0.3) is 0 Å². The van der Waals surface area contributed by atoms with Crippen molar-refractivity contribution >= 4 is 21.7 Å². The van der Waals surface area contributed by atoms with Crippen LogP contribution in [0.25, 0.3) is 0 Å². The number of benzene rings is 1. The van der Waals surface area contributed by atoms with Crippen molar-refractivity contribution < 1.29 is 4.79 Å². The number of Topliss-reactive ketones (excluding diaryl/α,β-unsaturated/α-hetero) is 1. The summed E-state index contributed by atoms with van der Waals surface area (Å²) in [7, 11) is 0. The second-order valence-corrected chi connectivity index (χ2v) is 5.15. The molecule has 0 aliphatic heterocycles. The lowest BCUT2D eigenvalue weighted by molar-refractivity contribution is -0.116. The Hall–Kier alpha value is -0.630. The standard InChI is InChI=1S/C13H17BrO/c1-8-5-6-9(2)12(7-8)10(3)13(14)11(4)15/h5-7,10,13H,1-4H3. The molecule has 0 bridgehead atoms. The zero-order chi connectivity index (χ0) is 11.6. The summed E-state index contributed by atoms with van der Waals surface area (Å²) < 4.78 is 0. The highest BCUT2D eigenvalue weighted by Crippen LogP contribution is 2.28. The first-order valence-electron chi connectivity index (χ1n) is 5.15. The van der Waals surface area contributed by atoms with Crippen molar-refractivity contribution in [2.45, 2.75) is 38.4 Å². The second-order valence-electron chi connectivity index (χ2n) is 4.16. The molecule has 0 spiro atoms. The number of alkyl halides is 1. The molecule has 0 amide bonds. The van der Waals surface area contributed by atoms with E-state index in [1.165, 1.54) is 16.7 Å². The van der Waals surface area contributed by atoms with E-state index in [0.29, 0.717) is 0 Å². The fourth-order valence-corrected chi connectivity index (χ4v) is 2.04. The third kappa shape index (κ3) is 2.91. The van der Waals surface area contributed by atoms with E-state index in [1.807, 2.05) is 0 Å². The number of rotatable bonds is 3. The van der Waals surface area contributed by atoms with Gasteiger partial charge in [-0.15, -0.1) is 0 Å². The lowest BCUT2D eigenvalue weighted by atomic mass is 9.91. The maximum atomic E-state index is 11.3. The summed E-state index contributed by atoms with van der Waals surface area (Å²) in [5.41, 5.74) is 3.75. The van der Waals surface area contributed by atoms with E-state index < -0.39 is 0 Å². The van der Waals surface area contributed by atoms with Gasteiger partial charge < -0.3 is 0 Å². The molecule has 0 aliphatic rings. The van der Waals surface area contributed by atoms with Crippen LogP contribution in [0.15, 0.2) is 18.2 Å². The van der Waals surface area contributed by atoms with Crippen molar-refractivity contribution in [2.24, 2.45) is 0 Å². The van der Waals surface area contributed by atoms with Crippen LogP contribution in [0.2, 0.25) is 0 Å². The van der Waals surface area contributed by atoms with Crippen LogP contribution in [0.5, 0.6) is 0 Å². The maximum absolute atomic E-state index is 11.3. The Balaban J connectivity index is 3.04. The number of carbonyl (C=O) groups is 1. The highest BCUT2D eigenvalue weighted by Gasteiger charge is 2.21. The second kappa shape index (κ2) is 4.93. The molecule has 0 radical (unpaired) electrons. The average Bonchev–Trinajstić information content (AvgIpc) is 2.19. The fraction of sp³-hybridized carbons (Fsp3) is 0.462. The first-order chi connectivity index (χ1) is 6.93. The van der Waals surface area contributed by atoms with E-state index in [2.05, 4.69) is 54.9 Å². The summed E-state index contributed by atoms with van der Waals surface area (Å²) in [6.07, 6.45) is 0. The molecule has 2 unspecified atom stereocenters. The molecule has 0 N–H and O–H groups in total. The molecule has 0 aromatic heterocycles. The molecular formula is C13H17BrO. The predicted molar refractivity (Wildman–Crippen MR) is 67.7 cm³/mol. The molecule has 0 saturated carbocycles. The van der Waals surface area contributed by atoms with E-state index in [-0.39, 0.29) is 16.5 Å². The number of aryl methyl sites for hydroxylation is 2. The van der Waals surface area contributed by atoms with Gasteiger partial charge in [0, 0.05) is 5.92 Å². The molecule has 82 valence electrons. The summed E-state index contributed by atoms with van der Waals surface area (Å²) in [5, 5.41) is 0. The molecule has 0 heterocycles. The lowest BCUT2D eigenvalue weighted by Gasteiger charge is -2.19. The smallest absolute Gasteiger partial charge is 0.144 e. The summed E-state index contributed by atoms with van der Waals surface area (Å²) in [5.74, 6) is 0.408. The number of hydrogen-bond acceptors (Lipinski definition) is 1. The molecule has 1 rings (SSSR count). The minimum Gasteiger partial charge on any atom is -0.299 e. The van der Waals surface area contributed by atoms with E-state index in [9.17, 15) is 4.79 Å². The maximum Gasteiger partial charge on any atom is 0.144 e. The summed E-state index contributed by atoms with van der Waals surface area (Å²) in [4.78, 5) is 11.2. The summed E-state index contributed by atoms with van der Waals surface area (Å²) in [6, 6.07) is 6.38. The topological polar surface area (TPSA) is 17.1 Å². The Labute approximate surface area is 100 Å². The normalized spacial score (nSPS) is 14.7. The van der Waals surface area contributed by atoms with Crippen LogP contribution in [-0.4, -0.2) is 10.6 Å². The third-order valence-corrected chi connectivity index (χ3v) is 4.19. The monoisotopic (exact) mass is 268 g/mol. The largest absolute Gasteiger partial charge is 0.299 e. The van der Waals surface area contributed by atoms with Crippen LogP contribution >= 0.6 is 15.9 Å². The Morgan fingerprint density at radius 3 is 2.47 bits per heavy atom. The molecule has 0 fully saturated rings. The Bertz CT molecular complexity index is 371. The number of ketones is 1. The van der Waals surface area contributed by atoms with Crippen LogP contribution in [0, 0.1) is 13.8 Å². The Morgan fingerprint density at radius 1 is 1.33 bits per heavy atom. The van der Waals surface area contributed by atoms with Crippen molar-refractivity contribution in [1.82, 2.24) is 0 Å². The van der Waals surface area contributed by atoms with Crippen molar-refractivity contribution in [3.63, 3.8) is 0 Å². The van der Waals surface area contributed by atoms with Gasteiger partial charge in [-0.2, -0.15) is 0 Å². The van der Waals surface area contributed by atoms with Gasteiger partial charge >= 0.3 is 0 Å². The molecule has 1 aromatic rings. The quantitative estimate of drug-likeness (QED) is 0.763. The average molecular weight is 269 g/mol. The van der Waals surface area contributed by atoms with Gasteiger partial charge in [0.2, 0.25) is 0 Å². The van der Waals surface area contributed by atoms with Gasteiger partial charge in [0.05, 0.1) is 4.83 Å². The van der Waals surface area contributed by atoms with Gasteiger partial charge in [-0.25, -0.2) is 0 Å². The molecule has 0 aliphatic carbocycles. The van der Waals surface area contributed by atoms with Crippen LogP contribution in [0.4, 0.5) is 0 Å². The number of carbonyl (C=O) groups excluding carboxylic acids is 1.